The lowest BCUT2D eigenvalue weighted by molar-refractivity contribution is 0.764. The summed E-state index contributed by atoms with van der Waals surface area (Å²) in [4.78, 5) is 0. The first-order chi connectivity index (χ1) is 5.79. The first kappa shape index (κ1) is 8.53. The van der Waals surface area contributed by atoms with Gasteiger partial charge in [0.05, 0.1) is 4.47 Å². The first-order valence-electron chi connectivity index (χ1n) is 4.02. The van der Waals surface area contributed by atoms with Gasteiger partial charge in [-0.1, -0.05) is 0 Å². The van der Waals surface area contributed by atoms with Gasteiger partial charge in [0, 0.05) is 6.54 Å². The third kappa shape index (κ3) is 1.39. The predicted molar refractivity (Wildman–Crippen MR) is 56.7 cm³/mol. The van der Waals surface area contributed by atoms with Crippen molar-refractivity contribution in [3.63, 3.8) is 0 Å². The number of nitrogen functional groups attached to an aromatic ring is 1. The fourth-order valence-electron chi connectivity index (χ4n) is 1.57. The van der Waals surface area contributed by atoms with E-state index >= 15 is 0 Å². The molecule has 2 nitrogen and oxygen atoms in total. The summed E-state index contributed by atoms with van der Waals surface area (Å²) in [7, 11) is 0. The molecule has 1 saturated heterocycles. The smallest absolute Gasteiger partial charge is 0.100 e. The van der Waals surface area contributed by atoms with Crippen LogP contribution in [0.4, 0.5) is 5.00 Å². The van der Waals surface area contributed by atoms with E-state index in [2.05, 4.69) is 26.6 Å². The zero-order valence-electron chi connectivity index (χ0n) is 6.64. The second-order valence-electron chi connectivity index (χ2n) is 3.06. The quantitative estimate of drug-likeness (QED) is 0.798. The van der Waals surface area contributed by atoms with Gasteiger partial charge in [0.25, 0.3) is 0 Å². The minimum Gasteiger partial charge on any atom is -0.390 e. The normalized spacial score (nSPS) is 23.2. The van der Waals surface area contributed by atoms with Gasteiger partial charge in [0.2, 0.25) is 0 Å². The molecule has 66 valence electrons. The number of nitrogens with two attached hydrogens (primary N) is 1. The zero-order valence-corrected chi connectivity index (χ0v) is 9.04. The van der Waals surface area contributed by atoms with Gasteiger partial charge in [-0.2, -0.15) is 0 Å². The highest BCUT2D eigenvalue weighted by molar-refractivity contribution is 9.10. The van der Waals surface area contributed by atoms with Crippen LogP contribution in [0.1, 0.15) is 17.9 Å². The van der Waals surface area contributed by atoms with Gasteiger partial charge in [-0.3, -0.25) is 0 Å². The van der Waals surface area contributed by atoms with Gasteiger partial charge < -0.3 is 11.1 Å². The molecule has 0 radical (unpaired) electrons. The molecule has 1 aromatic rings. The van der Waals surface area contributed by atoms with E-state index in [4.69, 9.17) is 5.73 Å². The van der Waals surface area contributed by atoms with Gasteiger partial charge >= 0.3 is 0 Å². The van der Waals surface area contributed by atoms with E-state index in [1.165, 1.54) is 12.0 Å². The molecule has 4 heteroatoms. The van der Waals surface area contributed by atoms with Crippen LogP contribution < -0.4 is 11.1 Å². The minimum absolute atomic E-state index is 0.660. The van der Waals surface area contributed by atoms with Crippen LogP contribution >= 0.6 is 27.3 Å². The van der Waals surface area contributed by atoms with E-state index in [9.17, 15) is 0 Å². The summed E-state index contributed by atoms with van der Waals surface area (Å²) < 4.78 is 1.11. The molecule has 3 N–H and O–H groups in total. The first-order valence-corrected chi connectivity index (χ1v) is 5.69. The van der Waals surface area contributed by atoms with E-state index in [1.54, 1.807) is 11.3 Å². The molecular weight excluding hydrogens is 236 g/mol. The van der Waals surface area contributed by atoms with Gasteiger partial charge in [-0.05, 0) is 45.8 Å². The van der Waals surface area contributed by atoms with Crippen molar-refractivity contribution in [2.75, 3.05) is 18.8 Å². The maximum absolute atomic E-state index is 5.76. The van der Waals surface area contributed by atoms with Crippen LogP contribution in [0.25, 0.3) is 0 Å². The van der Waals surface area contributed by atoms with Crippen LogP contribution in [-0.2, 0) is 0 Å². The molecule has 1 aromatic heterocycles. The fraction of sp³-hybridized carbons (Fsp3) is 0.500. The topological polar surface area (TPSA) is 38.0 Å². The van der Waals surface area contributed by atoms with Crippen LogP contribution in [0.15, 0.2) is 9.85 Å². The number of nitrogens with one attached hydrogen (secondary N) is 1. The Morgan fingerprint density at radius 2 is 2.50 bits per heavy atom. The molecule has 12 heavy (non-hydrogen) atoms. The van der Waals surface area contributed by atoms with Crippen LogP contribution in [0.2, 0.25) is 0 Å². The van der Waals surface area contributed by atoms with Crippen molar-refractivity contribution in [1.82, 2.24) is 5.32 Å². The van der Waals surface area contributed by atoms with Crippen molar-refractivity contribution < 1.29 is 0 Å². The van der Waals surface area contributed by atoms with Crippen molar-refractivity contribution in [3.05, 3.63) is 15.4 Å². The third-order valence-electron chi connectivity index (χ3n) is 2.28. The summed E-state index contributed by atoms with van der Waals surface area (Å²) in [5, 5.41) is 6.41. The number of thiophene rings is 1. The molecule has 1 aliphatic heterocycles. The molecule has 2 heterocycles. The molecule has 1 unspecified atom stereocenters. The van der Waals surface area contributed by atoms with E-state index < -0.39 is 0 Å². The van der Waals surface area contributed by atoms with E-state index in [-0.39, 0.29) is 0 Å². The maximum Gasteiger partial charge on any atom is 0.100 e. The second-order valence-corrected chi connectivity index (χ2v) is 4.76. The largest absolute Gasteiger partial charge is 0.390 e. The fourth-order valence-corrected chi connectivity index (χ4v) is 3.22. The molecule has 0 amide bonds. The number of halogens is 1. The third-order valence-corrected chi connectivity index (χ3v) is 4.26. The summed E-state index contributed by atoms with van der Waals surface area (Å²) in [6.07, 6.45) is 1.23. The van der Waals surface area contributed by atoms with Crippen LogP contribution in [0, 0.1) is 0 Å². The molecule has 0 aromatic carbocycles. The average Bonchev–Trinajstić information content (AvgIpc) is 2.64. The van der Waals surface area contributed by atoms with Crippen LogP contribution in [-0.4, -0.2) is 13.1 Å². The predicted octanol–water partition coefficient (Wildman–Crippen LogP) is 2.17. The standard InChI is InChI=1S/C8H11BrN2S/c9-7-6(4-12-8(7)10)5-1-2-11-3-5/h4-5,11H,1-3,10H2. The highest BCUT2D eigenvalue weighted by Crippen LogP contribution is 2.37. The minimum atomic E-state index is 0.660. The molecule has 1 aliphatic rings. The van der Waals surface area contributed by atoms with Gasteiger partial charge in [-0.25, -0.2) is 0 Å². The summed E-state index contributed by atoms with van der Waals surface area (Å²) in [5.41, 5.74) is 7.14. The van der Waals surface area contributed by atoms with Crippen molar-refractivity contribution in [2.45, 2.75) is 12.3 Å². The average molecular weight is 247 g/mol. The Labute approximate surface area is 84.3 Å². The lowest BCUT2D eigenvalue weighted by Crippen LogP contribution is -2.07. The molecular formula is C8H11BrN2S. The van der Waals surface area contributed by atoms with E-state index in [0.29, 0.717) is 5.92 Å². The number of anilines is 1. The molecule has 0 spiro atoms. The van der Waals surface area contributed by atoms with Gasteiger partial charge in [0.15, 0.2) is 0 Å². The monoisotopic (exact) mass is 246 g/mol. The highest BCUT2D eigenvalue weighted by Gasteiger charge is 2.20. The van der Waals surface area contributed by atoms with Crippen LogP contribution in [0.5, 0.6) is 0 Å². The SMILES string of the molecule is Nc1scc(C2CCNC2)c1Br. The number of hydrogen-bond donors (Lipinski definition) is 2. The van der Waals surface area contributed by atoms with Crippen molar-refractivity contribution in [3.8, 4) is 0 Å². The lowest BCUT2D eigenvalue weighted by Gasteiger charge is -2.05. The summed E-state index contributed by atoms with van der Waals surface area (Å²) >= 11 is 5.14. The lowest BCUT2D eigenvalue weighted by atomic mass is 10.0. The van der Waals surface area contributed by atoms with Crippen molar-refractivity contribution in [1.29, 1.82) is 0 Å². The number of rotatable bonds is 1. The molecule has 1 atom stereocenters. The molecule has 0 saturated carbocycles. The molecule has 2 rings (SSSR count). The Morgan fingerprint density at radius 1 is 1.67 bits per heavy atom. The van der Waals surface area contributed by atoms with Crippen molar-refractivity contribution >= 4 is 32.3 Å². The highest BCUT2D eigenvalue weighted by atomic mass is 79.9. The van der Waals surface area contributed by atoms with Gasteiger partial charge in [-0.15, -0.1) is 11.3 Å². The molecule has 0 bridgehead atoms. The Balaban J connectivity index is 2.26. The summed E-state index contributed by atoms with van der Waals surface area (Å²) in [5.74, 6) is 0.660. The molecule has 0 aliphatic carbocycles. The number of hydrogen-bond acceptors (Lipinski definition) is 3. The van der Waals surface area contributed by atoms with Crippen LogP contribution in [0.3, 0.4) is 0 Å². The maximum atomic E-state index is 5.76. The van der Waals surface area contributed by atoms with E-state index in [1.807, 2.05) is 0 Å². The Kier molecular flexibility index (Phi) is 2.39. The summed E-state index contributed by atoms with van der Waals surface area (Å²) in [6, 6.07) is 0. The molecule has 1 fully saturated rings. The van der Waals surface area contributed by atoms with Gasteiger partial charge in [0.1, 0.15) is 5.00 Å². The Bertz CT molecular complexity index is 279. The second kappa shape index (κ2) is 3.36. The Hall–Kier alpha value is -0.0600. The zero-order chi connectivity index (χ0) is 8.55. The van der Waals surface area contributed by atoms with Crippen molar-refractivity contribution in [2.24, 2.45) is 0 Å². The summed E-state index contributed by atoms with van der Waals surface area (Å²) in [6.45, 7) is 2.22. The Morgan fingerprint density at radius 3 is 3.00 bits per heavy atom. The van der Waals surface area contributed by atoms with E-state index in [0.717, 1.165) is 22.6 Å².